The van der Waals surface area contributed by atoms with Crippen LogP contribution in [0.4, 0.5) is 10.1 Å². The van der Waals surface area contributed by atoms with Gasteiger partial charge in [0.1, 0.15) is 18.4 Å². The first-order valence-corrected chi connectivity index (χ1v) is 13.5. The van der Waals surface area contributed by atoms with E-state index in [4.69, 9.17) is 0 Å². The van der Waals surface area contributed by atoms with Crippen LogP contribution in [0.25, 0.3) is 0 Å². The average Bonchev–Trinajstić information content (AvgIpc) is 2.86. The van der Waals surface area contributed by atoms with Gasteiger partial charge in [-0.1, -0.05) is 58.4 Å². The van der Waals surface area contributed by atoms with Gasteiger partial charge in [-0.25, -0.2) is 12.8 Å². The quantitative estimate of drug-likeness (QED) is 0.389. The molecule has 0 aliphatic rings. The van der Waals surface area contributed by atoms with E-state index in [1.54, 1.807) is 50.2 Å². The van der Waals surface area contributed by atoms with Crippen molar-refractivity contribution < 1.29 is 22.4 Å². The number of anilines is 1. The lowest BCUT2D eigenvalue weighted by molar-refractivity contribution is -0.139. The molecular weight excluding hydrogens is 549 g/mol. The lowest BCUT2D eigenvalue weighted by Gasteiger charge is -2.32. The third kappa shape index (κ3) is 6.50. The molecule has 0 aliphatic carbocycles. The molecule has 0 radical (unpaired) electrons. The highest BCUT2D eigenvalue weighted by Crippen LogP contribution is 2.27. The van der Waals surface area contributed by atoms with Crippen molar-refractivity contribution in [2.45, 2.75) is 31.3 Å². The number of amides is 2. The number of hydrogen-bond acceptors (Lipinski definition) is 4. The van der Waals surface area contributed by atoms with E-state index in [9.17, 15) is 22.4 Å². The zero-order valence-electron chi connectivity index (χ0n) is 19.9. The van der Waals surface area contributed by atoms with Crippen LogP contribution in [-0.2, 0) is 26.2 Å². The van der Waals surface area contributed by atoms with E-state index in [1.807, 2.05) is 6.07 Å². The van der Waals surface area contributed by atoms with Crippen LogP contribution in [0.5, 0.6) is 0 Å². The molecule has 1 N–H and O–H groups in total. The molecule has 190 valence electrons. The van der Waals surface area contributed by atoms with Gasteiger partial charge in [0.2, 0.25) is 11.8 Å². The fourth-order valence-corrected chi connectivity index (χ4v) is 5.51. The highest BCUT2D eigenvalue weighted by molar-refractivity contribution is 9.10. The largest absolute Gasteiger partial charge is 0.355 e. The maximum absolute atomic E-state index is 14.8. The van der Waals surface area contributed by atoms with Crippen molar-refractivity contribution in [1.29, 1.82) is 0 Å². The van der Waals surface area contributed by atoms with Gasteiger partial charge in [-0.3, -0.25) is 13.9 Å². The number of carbonyl (C=O) groups is 2. The van der Waals surface area contributed by atoms with Gasteiger partial charge in [0.25, 0.3) is 10.0 Å². The zero-order valence-corrected chi connectivity index (χ0v) is 22.3. The minimum Gasteiger partial charge on any atom is -0.355 e. The summed E-state index contributed by atoms with van der Waals surface area (Å²) in [5, 5.41) is 2.69. The molecule has 3 aromatic carbocycles. The highest BCUT2D eigenvalue weighted by atomic mass is 79.9. The van der Waals surface area contributed by atoms with E-state index in [0.29, 0.717) is 6.54 Å². The van der Waals surface area contributed by atoms with E-state index in [2.05, 4.69) is 21.2 Å². The lowest BCUT2D eigenvalue weighted by atomic mass is 10.1. The van der Waals surface area contributed by atoms with E-state index >= 15 is 0 Å². The van der Waals surface area contributed by atoms with Gasteiger partial charge in [-0.15, -0.1) is 0 Å². The Hall–Kier alpha value is -3.24. The van der Waals surface area contributed by atoms with Gasteiger partial charge < -0.3 is 10.2 Å². The Bertz CT molecular complexity index is 1320. The number of carbonyl (C=O) groups excluding carboxylic acids is 2. The van der Waals surface area contributed by atoms with Crippen molar-refractivity contribution in [2.75, 3.05) is 17.4 Å². The molecule has 0 saturated heterocycles. The number of para-hydroxylation sites is 1. The molecule has 2 amide bonds. The van der Waals surface area contributed by atoms with Crippen LogP contribution >= 0.6 is 15.9 Å². The molecule has 1 atom stereocenters. The van der Waals surface area contributed by atoms with Gasteiger partial charge in [0, 0.05) is 17.6 Å². The summed E-state index contributed by atoms with van der Waals surface area (Å²) in [4.78, 5) is 27.5. The summed E-state index contributed by atoms with van der Waals surface area (Å²) in [6.07, 6.45) is 0. The Balaban J connectivity index is 2.03. The lowest BCUT2D eigenvalue weighted by Crippen LogP contribution is -2.51. The van der Waals surface area contributed by atoms with Crippen LogP contribution < -0.4 is 9.62 Å². The van der Waals surface area contributed by atoms with Crippen molar-refractivity contribution >= 4 is 43.5 Å². The summed E-state index contributed by atoms with van der Waals surface area (Å²) >= 11 is 3.40. The maximum Gasteiger partial charge on any atom is 0.264 e. The van der Waals surface area contributed by atoms with Gasteiger partial charge in [0.15, 0.2) is 0 Å². The SMILES string of the molecule is CCNC(=O)[C@@H](C)N(Cc1cccc(Br)c1)C(=O)CN(c1ccccc1F)S(=O)(=O)c1ccccc1. The first kappa shape index (κ1) is 27.3. The zero-order chi connectivity index (χ0) is 26.3. The predicted molar refractivity (Wildman–Crippen MR) is 140 cm³/mol. The summed E-state index contributed by atoms with van der Waals surface area (Å²) in [5.74, 6) is -1.83. The Labute approximate surface area is 219 Å². The molecule has 3 rings (SSSR count). The number of rotatable bonds is 10. The maximum atomic E-state index is 14.8. The molecule has 0 heterocycles. The minimum atomic E-state index is -4.30. The van der Waals surface area contributed by atoms with Gasteiger partial charge in [-0.05, 0) is 55.8 Å². The molecule has 0 aromatic heterocycles. The van der Waals surface area contributed by atoms with Crippen molar-refractivity contribution in [3.63, 3.8) is 0 Å². The monoisotopic (exact) mass is 575 g/mol. The van der Waals surface area contributed by atoms with Crippen molar-refractivity contribution in [2.24, 2.45) is 0 Å². The van der Waals surface area contributed by atoms with Crippen LogP contribution in [0.3, 0.4) is 0 Å². The summed E-state index contributed by atoms with van der Waals surface area (Å²) in [7, 11) is -4.30. The topological polar surface area (TPSA) is 86.8 Å². The van der Waals surface area contributed by atoms with Gasteiger partial charge in [0.05, 0.1) is 10.6 Å². The first-order chi connectivity index (χ1) is 17.1. The molecule has 7 nitrogen and oxygen atoms in total. The Morgan fingerprint density at radius 2 is 1.67 bits per heavy atom. The van der Waals surface area contributed by atoms with Crippen LogP contribution in [0, 0.1) is 5.82 Å². The molecule has 0 fully saturated rings. The summed E-state index contributed by atoms with van der Waals surface area (Å²) in [5.41, 5.74) is 0.472. The molecule has 10 heteroatoms. The molecule has 0 aliphatic heterocycles. The summed E-state index contributed by atoms with van der Waals surface area (Å²) < 4.78 is 43.5. The second-order valence-corrected chi connectivity index (χ2v) is 10.8. The van der Waals surface area contributed by atoms with Gasteiger partial charge >= 0.3 is 0 Å². The second-order valence-electron chi connectivity index (χ2n) is 8.00. The summed E-state index contributed by atoms with van der Waals surface area (Å²) in [6.45, 7) is 3.05. The molecule has 0 bridgehead atoms. The fourth-order valence-electron chi connectivity index (χ4n) is 3.62. The Morgan fingerprint density at radius 1 is 1.00 bits per heavy atom. The number of sulfonamides is 1. The number of halogens is 2. The normalized spacial score (nSPS) is 12.0. The third-order valence-electron chi connectivity index (χ3n) is 5.49. The second kappa shape index (κ2) is 12.1. The molecule has 0 spiro atoms. The molecule has 36 heavy (non-hydrogen) atoms. The fraction of sp³-hybridized carbons (Fsp3) is 0.231. The number of benzene rings is 3. The Kier molecular flexibility index (Phi) is 9.22. The van der Waals surface area contributed by atoms with Crippen LogP contribution in [0.15, 0.2) is 88.2 Å². The van der Waals surface area contributed by atoms with Crippen molar-refractivity contribution in [3.05, 3.63) is 94.7 Å². The summed E-state index contributed by atoms with van der Waals surface area (Å²) in [6, 6.07) is 19.2. The first-order valence-electron chi connectivity index (χ1n) is 11.3. The predicted octanol–water partition coefficient (Wildman–Crippen LogP) is 4.34. The van der Waals surface area contributed by atoms with E-state index < -0.39 is 34.3 Å². The number of likely N-dealkylation sites (N-methyl/N-ethyl adjacent to an activating group) is 1. The molecule has 0 saturated carbocycles. The average molecular weight is 576 g/mol. The van der Waals surface area contributed by atoms with Gasteiger partial charge in [-0.2, -0.15) is 0 Å². The molecule has 3 aromatic rings. The number of nitrogens with one attached hydrogen (secondary N) is 1. The van der Waals surface area contributed by atoms with Crippen LogP contribution in [0.1, 0.15) is 19.4 Å². The van der Waals surface area contributed by atoms with E-state index in [1.165, 1.54) is 35.2 Å². The molecular formula is C26H27BrFN3O4S. The Morgan fingerprint density at radius 3 is 2.31 bits per heavy atom. The molecule has 0 unspecified atom stereocenters. The van der Waals surface area contributed by atoms with Crippen LogP contribution in [-0.4, -0.2) is 44.3 Å². The van der Waals surface area contributed by atoms with Crippen molar-refractivity contribution in [1.82, 2.24) is 10.2 Å². The third-order valence-corrected chi connectivity index (χ3v) is 7.76. The van der Waals surface area contributed by atoms with E-state index in [-0.39, 0.29) is 23.0 Å². The van der Waals surface area contributed by atoms with Crippen LogP contribution in [0.2, 0.25) is 0 Å². The smallest absolute Gasteiger partial charge is 0.264 e. The standard InChI is InChI=1S/C26H27BrFN3O4S/c1-3-29-26(33)19(2)30(17-20-10-9-11-21(27)16-20)25(32)18-31(24-15-8-7-14-23(24)28)36(34,35)22-12-5-4-6-13-22/h4-16,19H,3,17-18H2,1-2H3,(H,29,33)/t19-/m1/s1. The van der Waals surface area contributed by atoms with Crippen molar-refractivity contribution in [3.8, 4) is 0 Å². The highest BCUT2D eigenvalue weighted by Gasteiger charge is 2.33. The number of hydrogen-bond donors (Lipinski definition) is 1. The minimum absolute atomic E-state index is 0.0487. The number of nitrogens with zero attached hydrogens (tertiary/aromatic N) is 2. The van der Waals surface area contributed by atoms with E-state index in [0.717, 1.165) is 20.4 Å².